The fraction of sp³-hybridized carbons (Fsp3) is 0.161. The number of pyridine rings is 2. The molecule has 0 radical (unpaired) electrons. The van der Waals surface area contributed by atoms with Gasteiger partial charge in [0.05, 0.1) is 5.69 Å². The van der Waals surface area contributed by atoms with Crippen molar-refractivity contribution in [2.75, 3.05) is 0 Å². The molecule has 0 aliphatic carbocycles. The minimum atomic E-state index is -0.315. The summed E-state index contributed by atoms with van der Waals surface area (Å²) in [5.41, 5.74) is 3.02. The first-order chi connectivity index (χ1) is 19.0. The normalized spacial score (nSPS) is 9.15. The minimum absolute atomic E-state index is 0.134. The van der Waals surface area contributed by atoms with E-state index in [1.165, 1.54) is 35.9 Å². The number of aryl methyl sites for hydroxylation is 4. The quantitative estimate of drug-likeness (QED) is 0.173. The van der Waals surface area contributed by atoms with Gasteiger partial charge in [0.2, 0.25) is 0 Å². The van der Waals surface area contributed by atoms with Crippen molar-refractivity contribution in [3.63, 3.8) is 0 Å². The van der Waals surface area contributed by atoms with E-state index >= 15 is 0 Å². The summed E-state index contributed by atoms with van der Waals surface area (Å²) in [7, 11) is 0. The van der Waals surface area contributed by atoms with Crippen molar-refractivity contribution in [1.29, 1.82) is 0 Å². The lowest BCUT2D eigenvalue weighted by Gasteiger charge is -1.98. The van der Waals surface area contributed by atoms with Crippen molar-refractivity contribution in [1.82, 2.24) is 19.9 Å². The largest absolute Gasteiger partial charge is 0.508 e. The van der Waals surface area contributed by atoms with Crippen LogP contribution in [0.25, 0.3) is 0 Å². The molecule has 0 amide bonds. The number of aromatic nitrogens is 4. The van der Waals surface area contributed by atoms with Gasteiger partial charge in [0.1, 0.15) is 34.6 Å². The first-order valence-corrected chi connectivity index (χ1v) is 12.1. The van der Waals surface area contributed by atoms with Gasteiger partial charge in [-0.2, -0.15) is 0 Å². The maximum Gasteiger partial charge on any atom is 0.136 e. The third-order valence-corrected chi connectivity index (χ3v) is 4.96. The van der Waals surface area contributed by atoms with Crippen molar-refractivity contribution < 1.29 is 24.8 Å². The lowest BCUT2D eigenvalue weighted by molar-refractivity contribution is 0.443. The molecule has 9 heteroatoms. The van der Waals surface area contributed by atoms with Gasteiger partial charge in [0.15, 0.2) is 0 Å². The van der Waals surface area contributed by atoms with Crippen LogP contribution in [0, 0.1) is 40.4 Å². The molecule has 0 aliphatic rings. The molecule has 4 N–H and O–H groups in total. The van der Waals surface area contributed by atoms with Crippen molar-refractivity contribution in [3.8, 4) is 23.0 Å². The van der Waals surface area contributed by atoms with Gasteiger partial charge in [-0.15, -0.1) is 0 Å². The Balaban J connectivity index is 0.000000251. The summed E-state index contributed by atoms with van der Waals surface area (Å²) in [4.78, 5) is 15.4. The molecule has 210 valence electrons. The average Bonchev–Trinajstić information content (AvgIpc) is 2.94. The van der Waals surface area contributed by atoms with E-state index in [0.717, 1.165) is 5.82 Å². The van der Waals surface area contributed by atoms with Gasteiger partial charge in [0.25, 0.3) is 0 Å². The first kappa shape index (κ1) is 33.0. The molecule has 0 fully saturated rings. The lowest BCUT2D eigenvalue weighted by Crippen LogP contribution is -1.80. The highest BCUT2D eigenvalue weighted by Gasteiger charge is 1.97. The van der Waals surface area contributed by atoms with Gasteiger partial charge in [-0.1, -0.05) is 6.07 Å². The summed E-state index contributed by atoms with van der Waals surface area (Å²) in [6.07, 6.45) is 8.67. The Hall–Kier alpha value is -5.05. The van der Waals surface area contributed by atoms with Crippen LogP contribution in [-0.4, -0.2) is 40.4 Å². The monoisotopic (exact) mass is 546 g/mol. The highest BCUT2D eigenvalue weighted by molar-refractivity contribution is 5.41. The number of hydrogen-bond acceptors (Lipinski definition) is 8. The van der Waals surface area contributed by atoms with Crippen LogP contribution in [0.2, 0.25) is 0 Å². The Kier molecular flexibility index (Phi) is 15.0. The summed E-state index contributed by atoms with van der Waals surface area (Å²) in [5, 5.41) is 35.6. The smallest absolute Gasteiger partial charge is 0.136 e. The minimum Gasteiger partial charge on any atom is -0.508 e. The summed E-state index contributed by atoms with van der Waals surface area (Å²) < 4.78 is 12.2. The first-order valence-electron chi connectivity index (χ1n) is 12.1. The maximum absolute atomic E-state index is 12.2. The molecular weight excluding hydrogens is 511 g/mol. The highest BCUT2D eigenvalue weighted by Crippen LogP contribution is 2.23. The van der Waals surface area contributed by atoms with Crippen LogP contribution in [0.15, 0.2) is 97.7 Å². The summed E-state index contributed by atoms with van der Waals surface area (Å²) in [5.74, 6) is 1.17. The van der Waals surface area contributed by atoms with E-state index in [1.54, 1.807) is 76.0 Å². The third kappa shape index (κ3) is 14.0. The molecule has 0 aliphatic heterocycles. The molecule has 5 rings (SSSR count). The molecule has 3 aromatic heterocycles. The Morgan fingerprint density at radius 2 is 1.10 bits per heavy atom. The molecular formula is C31H35FN4O4. The summed E-state index contributed by atoms with van der Waals surface area (Å²) in [6, 6.07) is 17.6. The van der Waals surface area contributed by atoms with Crippen LogP contribution in [-0.2, 0) is 0 Å². The molecule has 0 bridgehead atoms. The second kappa shape index (κ2) is 18.2. The number of rotatable bonds is 0. The second-order valence-corrected chi connectivity index (χ2v) is 8.28. The Morgan fingerprint density at radius 1 is 0.550 bits per heavy atom. The fourth-order valence-electron chi connectivity index (χ4n) is 2.51. The zero-order chi connectivity index (χ0) is 29.9. The molecule has 0 atom stereocenters. The van der Waals surface area contributed by atoms with E-state index in [0.29, 0.717) is 16.8 Å². The molecule has 3 heterocycles. The van der Waals surface area contributed by atoms with Gasteiger partial charge >= 0.3 is 0 Å². The van der Waals surface area contributed by atoms with E-state index in [-0.39, 0.29) is 28.8 Å². The van der Waals surface area contributed by atoms with Crippen LogP contribution >= 0.6 is 0 Å². The van der Waals surface area contributed by atoms with Crippen molar-refractivity contribution in [2.24, 2.45) is 0 Å². The van der Waals surface area contributed by atoms with E-state index in [1.807, 2.05) is 26.0 Å². The van der Waals surface area contributed by atoms with Crippen LogP contribution < -0.4 is 0 Å². The molecule has 8 nitrogen and oxygen atoms in total. The van der Waals surface area contributed by atoms with E-state index in [9.17, 15) is 4.39 Å². The van der Waals surface area contributed by atoms with Crippen molar-refractivity contribution in [3.05, 3.63) is 132 Å². The van der Waals surface area contributed by atoms with Gasteiger partial charge < -0.3 is 20.4 Å². The molecule has 0 spiro atoms. The van der Waals surface area contributed by atoms with Crippen LogP contribution in [0.3, 0.4) is 0 Å². The summed E-state index contributed by atoms with van der Waals surface area (Å²) in [6.45, 7) is 8.97. The number of aromatic hydroxyl groups is 4. The van der Waals surface area contributed by atoms with Gasteiger partial charge in [-0.05, 0) is 106 Å². The fourth-order valence-corrected chi connectivity index (χ4v) is 2.51. The number of halogens is 1. The van der Waals surface area contributed by atoms with Crippen molar-refractivity contribution in [2.45, 2.75) is 34.6 Å². The Morgan fingerprint density at radius 3 is 1.45 bits per heavy atom. The predicted octanol–water partition coefficient (Wildman–Crippen LogP) is 6.52. The van der Waals surface area contributed by atoms with Crippen molar-refractivity contribution >= 4 is 0 Å². The Labute approximate surface area is 234 Å². The van der Waals surface area contributed by atoms with Crippen LogP contribution in [0.5, 0.6) is 23.0 Å². The van der Waals surface area contributed by atoms with E-state index < -0.39 is 0 Å². The zero-order valence-corrected chi connectivity index (χ0v) is 23.2. The number of hydrogen-bond donors (Lipinski definition) is 4. The zero-order valence-electron chi connectivity index (χ0n) is 23.2. The van der Waals surface area contributed by atoms with Crippen LogP contribution in [0.4, 0.5) is 4.39 Å². The van der Waals surface area contributed by atoms with E-state index in [4.69, 9.17) is 20.4 Å². The molecule has 40 heavy (non-hydrogen) atoms. The van der Waals surface area contributed by atoms with Gasteiger partial charge in [0, 0.05) is 36.5 Å². The molecule has 0 saturated heterocycles. The van der Waals surface area contributed by atoms with Gasteiger partial charge in [-0.25, -0.2) is 14.4 Å². The third-order valence-electron chi connectivity index (χ3n) is 4.96. The van der Waals surface area contributed by atoms with Gasteiger partial charge in [-0.3, -0.25) is 9.97 Å². The molecule has 0 unspecified atom stereocenters. The average molecular weight is 547 g/mol. The number of benzene rings is 2. The number of phenolic OH excluding ortho intramolecular Hbond substituents is 3. The standard InChI is InChI=1S/C7H7FO.C7H8O2.C6H7NO.C6H7N.C5H6N2/c1-5-4-6(8)2-3-7(5)9;1-5-6(8)3-2-4-7(5)9;1-5-6(8)3-2-4-7-5;1-6-2-4-7-5-3-6;1-5-6-3-2-4-7-5/h2-4,9H,1H3;2-4,8-9H,1H3;2-4,8H,1H3;2-5H,1H3;2-4H,1H3. The Bertz CT molecular complexity index is 1330. The van der Waals surface area contributed by atoms with E-state index in [2.05, 4.69) is 19.9 Å². The van der Waals surface area contributed by atoms with Crippen LogP contribution in [0.1, 0.15) is 28.2 Å². The summed E-state index contributed by atoms with van der Waals surface area (Å²) >= 11 is 0. The SMILES string of the molecule is Cc1c(O)cccc1O.Cc1cc(F)ccc1O.Cc1ccncc1.Cc1ncccc1O.Cc1ncccn1. The second-order valence-electron chi connectivity index (χ2n) is 8.28. The number of phenols is 3. The highest BCUT2D eigenvalue weighted by atomic mass is 19.1. The molecule has 2 aromatic carbocycles. The number of nitrogens with zero attached hydrogens (tertiary/aromatic N) is 4. The topological polar surface area (TPSA) is 132 Å². The predicted molar refractivity (Wildman–Crippen MR) is 154 cm³/mol. The molecule has 0 saturated carbocycles. The maximum atomic E-state index is 12.2. The lowest BCUT2D eigenvalue weighted by atomic mass is 10.2. The molecule has 5 aromatic rings.